The number of benzene rings is 2. The molecular weight excluding hydrogens is 320 g/mol. The summed E-state index contributed by atoms with van der Waals surface area (Å²) in [6.45, 7) is 3.52. The van der Waals surface area contributed by atoms with E-state index < -0.39 is 0 Å². The van der Waals surface area contributed by atoms with Crippen LogP contribution in [0.3, 0.4) is 0 Å². The number of anilines is 2. The van der Waals surface area contributed by atoms with Crippen molar-refractivity contribution >= 4 is 23.2 Å². The number of carbonyl (C=O) groups excluding carboxylic acids is 2. The van der Waals surface area contributed by atoms with E-state index in [0.717, 1.165) is 0 Å². The highest BCUT2D eigenvalue weighted by atomic mass is 16.5. The van der Waals surface area contributed by atoms with Crippen LogP contribution >= 0.6 is 0 Å². The van der Waals surface area contributed by atoms with Crippen molar-refractivity contribution in [2.24, 2.45) is 5.92 Å². The third kappa shape index (κ3) is 5.53. The average molecular weight is 342 g/mol. The summed E-state index contributed by atoms with van der Waals surface area (Å²) < 4.78 is 10.7. The molecule has 2 aromatic rings. The van der Waals surface area contributed by atoms with Crippen LogP contribution in [0, 0.1) is 5.92 Å². The maximum atomic E-state index is 12.0. The summed E-state index contributed by atoms with van der Waals surface area (Å²) in [4.78, 5) is 23.8. The van der Waals surface area contributed by atoms with Gasteiger partial charge in [0.15, 0.2) is 6.61 Å². The van der Waals surface area contributed by atoms with Crippen molar-refractivity contribution in [2.75, 3.05) is 24.4 Å². The molecule has 0 atom stereocenters. The van der Waals surface area contributed by atoms with Crippen LogP contribution in [0.15, 0.2) is 48.5 Å². The fourth-order valence-corrected chi connectivity index (χ4v) is 2.01. The summed E-state index contributed by atoms with van der Waals surface area (Å²) in [7, 11) is 1.50. The maximum absolute atomic E-state index is 12.0. The Labute approximate surface area is 147 Å². The highest BCUT2D eigenvalue weighted by molar-refractivity contribution is 5.95. The van der Waals surface area contributed by atoms with Crippen LogP contribution in [0.1, 0.15) is 13.8 Å². The second kappa shape index (κ2) is 8.73. The summed E-state index contributed by atoms with van der Waals surface area (Å²) in [5.74, 6) is 0.563. The minimum absolute atomic E-state index is 0.0990. The van der Waals surface area contributed by atoms with Crippen LogP contribution in [0.2, 0.25) is 0 Å². The number of para-hydroxylation sites is 1. The summed E-state index contributed by atoms with van der Waals surface area (Å²) >= 11 is 0. The average Bonchev–Trinajstić information content (AvgIpc) is 2.62. The number of methoxy groups -OCH3 is 1. The Bertz CT molecular complexity index is 729. The molecule has 0 unspecified atom stereocenters. The predicted molar refractivity (Wildman–Crippen MR) is 97.0 cm³/mol. The van der Waals surface area contributed by atoms with Gasteiger partial charge in [0.25, 0.3) is 5.91 Å². The van der Waals surface area contributed by atoms with Gasteiger partial charge < -0.3 is 20.1 Å². The number of nitrogens with one attached hydrogen (secondary N) is 2. The summed E-state index contributed by atoms with van der Waals surface area (Å²) in [6, 6.07) is 14.1. The molecule has 0 aromatic heterocycles. The first-order chi connectivity index (χ1) is 12.0. The van der Waals surface area contributed by atoms with Crippen LogP contribution < -0.4 is 20.1 Å². The number of amides is 2. The lowest BCUT2D eigenvalue weighted by Crippen LogP contribution is -2.20. The first kappa shape index (κ1) is 18.3. The van der Waals surface area contributed by atoms with E-state index in [1.54, 1.807) is 30.3 Å². The van der Waals surface area contributed by atoms with Gasteiger partial charge >= 0.3 is 0 Å². The molecule has 0 fully saturated rings. The zero-order chi connectivity index (χ0) is 18.2. The molecule has 2 aromatic carbocycles. The van der Waals surface area contributed by atoms with Crippen molar-refractivity contribution in [3.8, 4) is 11.5 Å². The third-order valence-electron chi connectivity index (χ3n) is 3.38. The Morgan fingerprint density at radius 1 is 1.04 bits per heavy atom. The van der Waals surface area contributed by atoms with Gasteiger partial charge in [-0.2, -0.15) is 0 Å². The Morgan fingerprint density at radius 3 is 2.40 bits per heavy atom. The zero-order valence-electron chi connectivity index (χ0n) is 14.5. The monoisotopic (exact) mass is 342 g/mol. The molecule has 0 bridgehead atoms. The van der Waals surface area contributed by atoms with Crippen molar-refractivity contribution in [2.45, 2.75) is 13.8 Å². The molecule has 25 heavy (non-hydrogen) atoms. The van der Waals surface area contributed by atoms with Gasteiger partial charge in [-0.15, -0.1) is 0 Å². The highest BCUT2D eigenvalue weighted by Crippen LogP contribution is 2.28. The molecule has 0 heterocycles. The molecule has 0 saturated carbocycles. The lowest BCUT2D eigenvalue weighted by molar-refractivity contribution is -0.119. The van der Waals surface area contributed by atoms with E-state index in [0.29, 0.717) is 22.9 Å². The molecule has 0 saturated heterocycles. The normalized spacial score (nSPS) is 10.2. The van der Waals surface area contributed by atoms with Crippen molar-refractivity contribution in [1.82, 2.24) is 0 Å². The van der Waals surface area contributed by atoms with E-state index in [-0.39, 0.29) is 24.3 Å². The highest BCUT2D eigenvalue weighted by Gasteiger charge is 2.12. The van der Waals surface area contributed by atoms with E-state index >= 15 is 0 Å². The van der Waals surface area contributed by atoms with Gasteiger partial charge in [-0.25, -0.2) is 0 Å². The smallest absolute Gasteiger partial charge is 0.262 e. The lowest BCUT2D eigenvalue weighted by atomic mass is 10.2. The molecule has 132 valence electrons. The van der Waals surface area contributed by atoms with Gasteiger partial charge in [0.05, 0.1) is 12.8 Å². The molecule has 6 heteroatoms. The van der Waals surface area contributed by atoms with Crippen LogP contribution in [0.25, 0.3) is 0 Å². The molecule has 6 nitrogen and oxygen atoms in total. The van der Waals surface area contributed by atoms with Crippen molar-refractivity contribution in [3.05, 3.63) is 48.5 Å². The Balaban J connectivity index is 1.97. The van der Waals surface area contributed by atoms with Gasteiger partial charge in [0.2, 0.25) is 5.91 Å². The first-order valence-corrected chi connectivity index (χ1v) is 7.96. The van der Waals surface area contributed by atoms with Gasteiger partial charge in [0, 0.05) is 17.7 Å². The first-order valence-electron chi connectivity index (χ1n) is 7.96. The molecule has 0 aliphatic heterocycles. The molecule has 0 aliphatic rings. The molecule has 2 amide bonds. The third-order valence-corrected chi connectivity index (χ3v) is 3.38. The number of hydrogen-bond donors (Lipinski definition) is 2. The van der Waals surface area contributed by atoms with E-state index in [1.807, 2.05) is 32.0 Å². The largest absolute Gasteiger partial charge is 0.494 e. The van der Waals surface area contributed by atoms with Crippen LogP contribution in [-0.2, 0) is 9.59 Å². The van der Waals surface area contributed by atoms with Crippen molar-refractivity contribution < 1.29 is 19.1 Å². The number of rotatable bonds is 7. The van der Waals surface area contributed by atoms with Gasteiger partial charge in [-0.05, 0) is 24.3 Å². The topological polar surface area (TPSA) is 76.7 Å². The van der Waals surface area contributed by atoms with Crippen LogP contribution in [0.5, 0.6) is 11.5 Å². The van der Waals surface area contributed by atoms with E-state index in [9.17, 15) is 9.59 Å². The molecule has 0 aliphatic carbocycles. The molecule has 2 rings (SSSR count). The van der Waals surface area contributed by atoms with Gasteiger partial charge in [-0.3, -0.25) is 9.59 Å². The SMILES string of the molecule is COc1cc(NC(=O)COc2ccccc2)ccc1NC(=O)C(C)C. The van der Waals surface area contributed by atoms with Gasteiger partial charge in [0.1, 0.15) is 11.5 Å². The minimum atomic E-state index is -0.287. The van der Waals surface area contributed by atoms with Crippen LogP contribution in [-0.4, -0.2) is 25.5 Å². The minimum Gasteiger partial charge on any atom is -0.494 e. The Morgan fingerprint density at radius 2 is 1.76 bits per heavy atom. The number of hydrogen-bond acceptors (Lipinski definition) is 4. The Hall–Kier alpha value is -3.02. The Kier molecular flexibility index (Phi) is 6.39. The lowest BCUT2D eigenvalue weighted by Gasteiger charge is -2.14. The second-order valence-corrected chi connectivity index (χ2v) is 5.71. The van der Waals surface area contributed by atoms with Gasteiger partial charge in [-0.1, -0.05) is 32.0 Å². The summed E-state index contributed by atoms with van der Waals surface area (Å²) in [6.07, 6.45) is 0. The summed E-state index contributed by atoms with van der Waals surface area (Å²) in [5, 5.41) is 5.52. The standard InChI is InChI=1S/C19H22N2O4/c1-13(2)19(23)21-16-10-9-14(11-17(16)24-3)20-18(22)12-25-15-7-5-4-6-8-15/h4-11,13H,12H2,1-3H3,(H,20,22)(H,21,23). The maximum Gasteiger partial charge on any atom is 0.262 e. The fourth-order valence-electron chi connectivity index (χ4n) is 2.01. The fraction of sp³-hybridized carbons (Fsp3) is 0.263. The molecular formula is C19H22N2O4. The molecule has 2 N–H and O–H groups in total. The predicted octanol–water partition coefficient (Wildman–Crippen LogP) is 3.31. The second-order valence-electron chi connectivity index (χ2n) is 5.71. The number of carbonyl (C=O) groups is 2. The van der Waals surface area contributed by atoms with E-state index in [2.05, 4.69) is 10.6 Å². The van der Waals surface area contributed by atoms with Crippen molar-refractivity contribution in [1.29, 1.82) is 0 Å². The molecule has 0 radical (unpaired) electrons. The van der Waals surface area contributed by atoms with Crippen LogP contribution in [0.4, 0.5) is 11.4 Å². The zero-order valence-corrected chi connectivity index (χ0v) is 14.5. The summed E-state index contributed by atoms with van der Waals surface area (Å²) in [5.41, 5.74) is 1.11. The van der Waals surface area contributed by atoms with Crippen molar-refractivity contribution in [3.63, 3.8) is 0 Å². The number of ether oxygens (including phenoxy) is 2. The van der Waals surface area contributed by atoms with E-state index in [1.165, 1.54) is 7.11 Å². The quantitative estimate of drug-likeness (QED) is 0.809. The molecule has 0 spiro atoms. The van der Waals surface area contributed by atoms with E-state index in [4.69, 9.17) is 9.47 Å².